The molecule has 0 radical (unpaired) electrons. The third-order valence-corrected chi connectivity index (χ3v) is 5.40. The molecule has 1 aliphatic rings. The lowest BCUT2D eigenvalue weighted by Crippen LogP contribution is -2.34. The summed E-state index contributed by atoms with van der Waals surface area (Å²) in [5.41, 5.74) is 3.27. The summed E-state index contributed by atoms with van der Waals surface area (Å²) in [6, 6.07) is 21.1. The zero-order valence-corrected chi connectivity index (χ0v) is 19.8. The highest BCUT2D eigenvalue weighted by Crippen LogP contribution is 2.24. The quantitative estimate of drug-likeness (QED) is 0.360. The van der Waals surface area contributed by atoms with Gasteiger partial charge in [-0.2, -0.15) is 0 Å². The Labute approximate surface area is 212 Å². The molecule has 37 heavy (non-hydrogen) atoms. The monoisotopic (exact) mass is 502 g/mol. The molecule has 4 rings (SSSR count). The van der Waals surface area contributed by atoms with Crippen LogP contribution in [0.4, 0.5) is 10.1 Å². The Morgan fingerprint density at radius 3 is 2.46 bits per heavy atom. The molecule has 0 saturated carbocycles. The van der Waals surface area contributed by atoms with Crippen molar-refractivity contribution in [2.45, 2.75) is 6.42 Å². The van der Waals surface area contributed by atoms with Crippen LogP contribution in [-0.4, -0.2) is 37.1 Å². The molecule has 2 amide bonds. The highest BCUT2D eigenvalue weighted by atomic mass is 19.1. The van der Waals surface area contributed by atoms with Gasteiger partial charge in [0.25, 0.3) is 11.8 Å². The van der Waals surface area contributed by atoms with Crippen molar-refractivity contribution in [2.24, 2.45) is 4.99 Å². The summed E-state index contributed by atoms with van der Waals surface area (Å²) < 4.78 is 19.1. The summed E-state index contributed by atoms with van der Waals surface area (Å²) in [5, 5.41) is 3.94. The van der Waals surface area contributed by atoms with E-state index < -0.39 is 17.8 Å². The number of nitrogens with zero attached hydrogens (tertiary/aromatic N) is 2. The number of hydrazine groups is 1. The van der Waals surface area contributed by atoms with Crippen LogP contribution in [0.5, 0.6) is 5.75 Å². The maximum absolute atomic E-state index is 13.9. The van der Waals surface area contributed by atoms with Gasteiger partial charge in [-0.1, -0.05) is 42.0 Å². The average Bonchev–Trinajstić information content (AvgIpc) is 3.29. The molecule has 1 aliphatic heterocycles. The third kappa shape index (κ3) is 6.24. The number of ether oxygens (including phenoxy) is 1. The van der Waals surface area contributed by atoms with Crippen LogP contribution in [0.1, 0.15) is 15.9 Å². The number of rotatable bonds is 8. The van der Waals surface area contributed by atoms with Gasteiger partial charge in [-0.15, -0.1) is 0 Å². The first kappa shape index (κ1) is 25.3. The summed E-state index contributed by atoms with van der Waals surface area (Å²) in [4.78, 5) is 47.2. The zero-order chi connectivity index (χ0) is 26.2. The molecule has 0 aliphatic carbocycles. The summed E-state index contributed by atoms with van der Waals surface area (Å²) in [5.74, 6) is -1.96. The number of aliphatic imine (C=N–C) groups is 1. The SMILES string of the molecule is COc1ccc(N2NOC(=O)/C2=C\C(=NC(=O)c2ccccc2)C(=O)NCCc2ccccc2F)cc1. The van der Waals surface area contributed by atoms with Gasteiger partial charge in [0.15, 0.2) is 5.70 Å². The van der Waals surface area contributed by atoms with Crippen molar-refractivity contribution in [2.75, 3.05) is 18.7 Å². The number of halogens is 1. The van der Waals surface area contributed by atoms with Crippen LogP contribution in [-0.2, 0) is 20.8 Å². The second kappa shape index (κ2) is 11.7. The maximum atomic E-state index is 13.9. The molecule has 1 fully saturated rings. The highest BCUT2D eigenvalue weighted by molar-refractivity contribution is 6.45. The lowest BCUT2D eigenvalue weighted by Gasteiger charge is -2.16. The minimum Gasteiger partial charge on any atom is -0.497 e. The molecular formula is C27H23FN4O5. The van der Waals surface area contributed by atoms with E-state index in [4.69, 9.17) is 9.57 Å². The molecule has 3 aromatic carbocycles. The predicted octanol–water partition coefficient (Wildman–Crippen LogP) is 3.14. The molecule has 3 aromatic rings. The normalized spacial score (nSPS) is 14.4. The van der Waals surface area contributed by atoms with Crippen LogP contribution in [0.2, 0.25) is 0 Å². The lowest BCUT2D eigenvalue weighted by molar-refractivity contribution is -0.140. The number of carbonyl (C=O) groups is 3. The maximum Gasteiger partial charge on any atom is 0.376 e. The van der Waals surface area contributed by atoms with Crippen molar-refractivity contribution in [3.8, 4) is 5.75 Å². The number of hydrogen-bond donors (Lipinski definition) is 2. The van der Waals surface area contributed by atoms with Crippen molar-refractivity contribution in [3.05, 3.63) is 108 Å². The second-order valence-electron chi connectivity index (χ2n) is 7.81. The first-order chi connectivity index (χ1) is 18.0. The minimum absolute atomic E-state index is 0.0750. The molecule has 9 nitrogen and oxygen atoms in total. The van der Waals surface area contributed by atoms with Gasteiger partial charge in [0.1, 0.15) is 17.3 Å². The number of anilines is 1. The van der Waals surface area contributed by atoms with E-state index in [0.717, 1.165) is 6.08 Å². The first-order valence-electron chi connectivity index (χ1n) is 11.3. The fourth-order valence-corrected chi connectivity index (χ4v) is 3.46. The van der Waals surface area contributed by atoms with Gasteiger partial charge < -0.3 is 14.9 Å². The number of carbonyl (C=O) groups excluding carboxylic acids is 3. The summed E-state index contributed by atoms with van der Waals surface area (Å²) in [6.45, 7) is 0.0758. The van der Waals surface area contributed by atoms with Crippen LogP contribution in [0.25, 0.3) is 0 Å². The van der Waals surface area contributed by atoms with Crippen molar-refractivity contribution < 1.29 is 28.3 Å². The van der Waals surface area contributed by atoms with E-state index in [1.165, 1.54) is 18.2 Å². The largest absolute Gasteiger partial charge is 0.497 e. The van der Waals surface area contributed by atoms with Gasteiger partial charge in [-0.3, -0.25) is 9.59 Å². The Hall–Kier alpha value is -4.83. The number of amides is 2. The Morgan fingerprint density at radius 2 is 1.76 bits per heavy atom. The van der Waals surface area contributed by atoms with Gasteiger partial charge in [0.2, 0.25) is 0 Å². The minimum atomic E-state index is -0.783. The van der Waals surface area contributed by atoms with E-state index >= 15 is 0 Å². The first-order valence-corrected chi connectivity index (χ1v) is 11.3. The number of benzene rings is 3. The van der Waals surface area contributed by atoms with Crippen molar-refractivity contribution in [3.63, 3.8) is 0 Å². The van der Waals surface area contributed by atoms with Gasteiger partial charge >= 0.3 is 5.97 Å². The van der Waals surface area contributed by atoms with Gasteiger partial charge in [0.05, 0.1) is 12.8 Å². The summed E-state index contributed by atoms with van der Waals surface area (Å²) in [7, 11) is 1.53. The fraction of sp³-hybridized carbons (Fsp3) is 0.111. The van der Waals surface area contributed by atoms with E-state index in [2.05, 4.69) is 15.9 Å². The average molecular weight is 503 g/mol. The topological polar surface area (TPSA) is 109 Å². The molecule has 0 aromatic heterocycles. The molecule has 10 heteroatoms. The Balaban J connectivity index is 1.62. The van der Waals surface area contributed by atoms with Crippen LogP contribution in [0.3, 0.4) is 0 Å². The number of hydrogen-bond acceptors (Lipinski definition) is 7. The van der Waals surface area contributed by atoms with Crippen LogP contribution in [0.15, 0.2) is 95.6 Å². The van der Waals surface area contributed by atoms with Gasteiger partial charge in [0, 0.05) is 18.2 Å². The van der Waals surface area contributed by atoms with Crippen LogP contribution in [0, 0.1) is 5.82 Å². The molecule has 1 saturated heterocycles. The molecule has 0 unspecified atom stereocenters. The van der Waals surface area contributed by atoms with Gasteiger partial charge in [-0.25, -0.2) is 19.2 Å². The fourth-order valence-electron chi connectivity index (χ4n) is 3.46. The van der Waals surface area contributed by atoms with Gasteiger partial charge in [-0.05, 0) is 54.4 Å². The Kier molecular flexibility index (Phi) is 8.01. The lowest BCUT2D eigenvalue weighted by atomic mass is 10.1. The molecule has 0 spiro atoms. The van der Waals surface area contributed by atoms with E-state index in [1.54, 1.807) is 72.8 Å². The smallest absolute Gasteiger partial charge is 0.376 e. The van der Waals surface area contributed by atoms with Crippen molar-refractivity contribution in [1.29, 1.82) is 0 Å². The van der Waals surface area contributed by atoms with E-state index in [9.17, 15) is 18.8 Å². The van der Waals surface area contributed by atoms with Crippen molar-refractivity contribution in [1.82, 2.24) is 10.9 Å². The number of methoxy groups -OCH3 is 1. The summed E-state index contributed by atoms with van der Waals surface area (Å²) in [6.07, 6.45) is 1.38. The zero-order valence-electron chi connectivity index (χ0n) is 19.8. The van der Waals surface area contributed by atoms with Crippen molar-refractivity contribution >= 4 is 29.2 Å². The number of nitrogens with one attached hydrogen (secondary N) is 2. The Morgan fingerprint density at radius 1 is 1.05 bits per heavy atom. The van der Waals surface area contributed by atoms with E-state index in [1.807, 2.05) is 0 Å². The van der Waals surface area contributed by atoms with E-state index in [0.29, 0.717) is 17.0 Å². The molecule has 1 heterocycles. The molecular weight excluding hydrogens is 479 g/mol. The van der Waals surface area contributed by atoms with Crippen LogP contribution < -0.4 is 20.7 Å². The second-order valence-corrected chi connectivity index (χ2v) is 7.81. The molecule has 2 N–H and O–H groups in total. The molecule has 188 valence electrons. The Bertz CT molecular complexity index is 1360. The third-order valence-electron chi connectivity index (χ3n) is 5.40. The highest BCUT2D eigenvalue weighted by Gasteiger charge is 2.30. The van der Waals surface area contributed by atoms with E-state index in [-0.39, 0.29) is 35.8 Å². The predicted molar refractivity (Wildman–Crippen MR) is 134 cm³/mol. The summed E-state index contributed by atoms with van der Waals surface area (Å²) >= 11 is 0. The van der Waals surface area contributed by atoms with Crippen LogP contribution >= 0.6 is 0 Å². The standard InChI is InChI=1S/C27H23FN4O5/c1-36-21-13-11-20(12-14-21)32-24(27(35)37-31-32)17-23(30-25(33)19-8-3-2-4-9-19)26(34)29-16-15-18-7-5-6-10-22(18)28/h2-14,17,31H,15-16H2,1H3,(H,29,34)/b24-17+,30-23?. The molecule has 0 atom stereocenters. The molecule has 0 bridgehead atoms.